The lowest BCUT2D eigenvalue weighted by Crippen LogP contribution is -2.52. The van der Waals surface area contributed by atoms with Crippen molar-refractivity contribution < 1.29 is 37.1 Å². The molecule has 0 spiro atoms. The van der Waals surface area contributed by atoms with Crippen LogP contribution in [-0.4, -0.2) is 98.8 Å². The van der Waals surface area contributed by atoms with Crippen LogP contribution >= 0.6 is 0 Å². The van der Waals surface area contributed by atoms with E-state index in [9.17, 15) is 27.6 Å². The lowest BCUT2D eigenvalue weighted by Gasteiger charge is -2.34. The van der Waals surface area contributed by atoms with Crippen LogP contribution in [0.3, 0.4) is 0 Å². The summed E-state index contributed by atoms with van der Waals surface area (Å²) in [6, 6.07) is -1.22. The van der Waals surface area contributed by atoms with Crippen molar-refractivity contribution in [2.45, 2.75) is 97.6 Å². The number of carbonyl (C=O) groups is 4. The zero-order valence-electron chi connectivity index (χ0n) is 25.4. The van der Waals surface area contributed by atoms with Gasteiger partial charge in [0.05, 0.1) is 18.3 Å². The van der Waals surface area contributed by atoms with E-state index in [1.54, 1.807) is 16.7 Å². The van der Waals surface area contributed by atoms with E-state index in [1.807, 2.05) is 27.7 Å². The molecule has 2 N–H and O–H groups in total. The summed E-state index contributed by atoms with van der Waals surface area (Å²) in [5.74, 6) is -1.27. The van der Waals surface area contributed by atoms with Crippen molar-refractivity contribution in [2.24, 2.45) is 11.8 Å². The summed E-state index contributed by atoms with van der Waals surface area (Å²) in [7, 11) is -3.71. The summed E-state index contributed by atoms with van der Waals surface area (Å²) in [5.41, 5.74) is -0.530. The maximum Gasteiger partial charge on any atom is 0.410 e. The van der Waals surface area contributed by atoms with Crippen molar-refractivity contribution in [3.05, 3.63) is 0 Å². The van der Waals surface area contributed by atoms with E-state index in [1.165, 1.54) is 0 Å². The first-order valence-corrected chi connectivity index (χ1v) is 16.6. The molecular weight excluding hydrogens is 552 g/mol. The molecule has 0 radical (unpaired) electrons. The van der Waals surface area contributed by atoms with E-state index in [2.05, 4.69) is 10.0 Å². The number of carbonyl (C=O) groups excluding carboxylic acids is 4. The monoisotopic (exact) mass is 602 g/mol. The van der Waals surface area contributed by atoms with Crippen LogP contribution in [0.15, 0.2) is 0 Å². The van der Waals surface area contributed by atoms with Gasteiger partial charge in [0, 0.05) is 39.1 Å². The Morgan fingerprint density at radius 3 is 2.29 bits per heavy atom. The van der Waals surface area contributed by atoms with Crippen molar-refractivity contribution in [1.29, 1.82) is 0 Å². The van der Waals surface area contributed by atoms with Gasteiger partial charge in [-0.2, -0.15) is 4.72 Å². The van der Waals surface area contributed by atoms with Gasteiger partial charge in [0.15, 0.2) is 0 Å². The summed E-state index contributed by atoms with van der Waals surface area (Å²) in [4.78, 5) is 54.0. The molecule has 3 amide bonds. The largest absolute Gasteiger partial charge is 0.465 e. The van der Waals surface area contributed by atoms with Gasteiger partial charge in [0.25, 0.3) is 0 Å². The van der Waals surface area contributed by atoms with E-state index in [0.717, 1.165) is 19.3 Å². The number of sulfonamides is 1. The van der Waals surface area contributed by atoms with Gasteiger partial charge < -0.3 is 24.6 Å². The number of hydrogen-bond acceptors (Lipinski definition) is 8. The predicted octanol–water partition coefficient (Wildman–Crippen LogP) is 2.42. The second-order valence-corrected chi connectivity index (χ2v) is 13.8. The molecule has 2 saturated heterocycles. The molecule has 41 heavy (non-hydrogen) atoms. The number of esters is 1. The number of piperidine rings is 2. The van der Waals surface area contributed by atoms with Crippen LogP contribution in [0.1, 0.15) is 86.0 Å². The van der Waals surface area contributed by atoms with Crippen LogP contribution in [0.25, 0.3) is 0 Å². The minimum Gasteiger partial charge on any atom is -0.465 e. The summed E-state index contributed by atoms with van der Waals surface area (Å²) in [6.45, 7) is 11.0. The minimum atomic E-state index is -3.71. The zero-order chi connectivity index (χ0) is 30.6. The summed E-state index contributed by atoms with van der Waals surface area (Å²) in [5, 5.41) is 2.69. The molecule has 0 bridgehead atoms. The van der Waals surface area contributed by atoms with Crippen molar-refractivity contribution in [2.75, 3.05) is 45.1 Å². The molecule has 2 rings (SSSR count). The third-order valence-electron chi connectivity index (χ3n) is 7.32. The molecule has 0 aromatic carbocycles. The van der Waals surface area contributed by atoms with E-state index in [-0.39, 0.29) is 43.4 Å². The molecule has 2 fully saturated rings. The Balaban J connectivity index is 1.81. The van der Waals surface area contributed by atoms with Crippen molar-refractivity contribution in [3.63, 3.8) is 0 Å². The van der Waals surface area contributed by atoms with Crippen LogP contribution in [0, 0.1) is 11.8 Å². The second kappa shape index (κ2) is 16.3. The first kappa shape index (κ1) is 34.8. The molecule has 2 aliphatic rings. The van der Waals surface area contributed by atoms with Crippen LogP contribution in [0.5, 0.6) is 0 Å². The Morgan fingerprint density at radius 2 is 1.68 bits per heavy atom. The van der Waals surface area contributed by atoms with Gasteiger partial charge in [-0.05, 0) is 72.1 Å². The fourth-order valence-electron chi connectivity index (χ4n) is 5.01. The smallest absolute Gasteiger partial charge is 0.410 e. The first-order chi connectivity index (χ1) is 19.2. The second-order valence-electron chi connectivity index (χ2n) is 12.0. The van der Waals surface area contributed by atoms with Crippen LogP contribution in [0.2, 0.25) is 0 Å². The molecule has 0 unspecified atom stereocenters. The number of hydrogen-bond donors (Lipinski definition) is 2. The highest BCUT2D eigenvalue weighted by atomic mass is 32.2. The van der Waals surface area contributed by atoms with E-state index < -0.39 is 33.6 Å². The van der Waals surface area contributed by atoms with Crippen LogP contribution < -0.4 is 10.0 Å². The molecule has 2 atom stereocenters. The van der Waals surface area contributed by atoms with Gasteiger partial charge in [-0.3, -0.25) is 14.4 Å². The Labute approximate surface area is 245 Å². The lowest BCUT2D eigenvalue weighted by molar-refractivity contribution is -0.145. The SMILES string of the molecule is CCCCS(=O)(=O)N[C@@H](CNC(=O)[C@@H]1CCCN(C(=O)CCC2CCN(C(=O)OC(C)(C)C)CC2)C1)C(=O)OCC. The Bertz CT molecular complexity index is 990. The summed E-state index contributed by atoms with van der Waals surface area (Å²) in [6.07, 6.45) is 4.88. The van der Waals surface area contributed by atoms with Crippen molar-refractivity contribution >= 4 is 33.9 Å². The molecule has 0 saturated carbocycles. The Morgan fingerprint density at radius 1 is 1.00 bits per heavy atom. The summed E-state index contributed by atoms with van der Waals surface area (Å²) < 4.78 is 37.5. The number of ether oxygens (including phenoxy) is 2. The normalized spacial score (nSPS) is 19.4. The van der Waals surface area contributed by atoms with E-state index >= 15 is 0 Å². The quantitative estimate of drug-likeness (QED) is 0.305. The van der Waals surface area contributed by atoms with Crippen LogP contribution in [0.4, 0.5) is 4.79 Å². The average molecular weight is 603 g/mol. The van der Waals surface area contributed by atoms with E-state index in [4.69, 9.17) is 9.47 Å². The molecule has 0 aliphatic carbocycles. The molecule has 2 aliphatic heterocycles. The van der Waals surface area contributed by atoms with Gasteiger partial charge in [-0.1, -0.05) is 13.3 Å². The fraction of sp³-hybridized carbons (Fsp3) is 0.857. The third kappa shape index (κ3) is 12.6. The van der Waals surface area contributed by atoms with Crippen LogP contribution in [-0.2, 0) is 33.9 Å². The topological polar surface area (TPSA) is 151 Å². The number of amides is 3. The molecule has 0 aromatic heterocycles. The molecule has 2 heterocycles. The minimum absolute atomic E-state index is 0.00477. The maximum atomic E-state index is 13.0. The zero-order valence-corrected chi connectivity index (χ0v) is 26.2. The fourth-order valence-corrected chi connectivity index (χ4v) is 6.41. The Kier molecular flexibility index (Phi) is 13.8. The van der Waals surface area contributed by atoms with Gasteiger partial charge in [-0.15, -0.1) is 0 Å². The number of unbranched alkanes of at least 4 members (excludes halogenated alkanes) is 1. The highest BCUT2D eigenvalue weighted by Gasteiger charge is 2.32. The van der Waals surface area contributed by atoms with E-state index in [0.29, 0.717) is 57.7 Å². The molecular formula is C28H50N4O8S. The number of nitrogens with one attached hydrogen (secondary N) is 2. The summed E-state index contributed by atoms with van der Waals surface area (Å²) >= 11 is 0. The standard InChI is InChI=1S/C28H50N4O8S/c1-6-8-18-41(37,38)30-23(26(35)39-7-2)19-29-25(34)22-10-9-15-32(20-22)24(33)12-11-21-13-16-31(17-14-21)27(36)40-28(3,4)5/h21-23,30H,6-20H2,1-5H3,(H,29,34)/t22-,23+/m1/s1. The number of nitrogens with zero attached hydrogens (tertiary/aromatic N) is 2. The van der Waals surface area contributed by atoms with Gasteiger partial charge >= 0.3 is 12.1 Å². The van der Waals surface area contributed by atoms with Gasteiger partial charge in [0.1, 0.15) is 11.6 Å². The number of likely N-dealkylation sites (tertiary alicyclic amines) is 2. The predicted molar refractivity (Wildman–Crippen MR) is 154 cm³/mol. The average Bonchev–Trinajstić information content (AvgIpc) is 2.92. The maximum absolute atomic E-state index is 13.0. The van der Waals surface area contributed by atoms with Crippen molar-refractivity contribution in [3.8, 4) is 0 Å². The van der Waals surface area contributed by atoms with Crippen molar-refractivity contribution in [1.82, 2.24) is 19.8 Å². The highest BCUT2D eigenvalue weighted by Crippen LogP contribution is 2.25. The highest BCUT2D eigenvalue weighted by molar-refractivity contribution is 7.89. The third-order valence-corrected chi connectivity index (χ3v) is 8.79. The Hall–Kier alpha value is -2.41. The molecule has 13 heteroatoms. The van der Waals surface area contributed by atoms with Gasteiger partial charge in [0.2, 0.25) is 21.8 Å². The first-order valence-electron chi connectivity index (χ1n) is 14.9. The lowest BCUT2D eigenvalue weighted by atomic mass is 9.91. The molecule has 236 valence electrons. The molecule has 12 nitrogen and oxygen atoms in total. The number of rotatable bonds is 13. The van der Waals surface area contributed by atoms with Gasteiger partial charge in [-0.25, -0.2) is 13.2 Å². The molecule has 0 aromatic rings.